The third kappa shape index (κ3) is 10.9. The predicted molar refractivity (Wildman–Crippen MR) is 168 cm³/mol. The minimum absolute atomic E-state index is 0.0605. The summed E-state index contributed by atoms with van der Waals surface area (Å²) in [4.78, 5) is 41.3. The van der Waals surface area contributed by atoms with E-state index in [2.05, 4.69) is 4.90 Å². The summed E-state index contributed by atoms with van der Waals surface area (Å²) in [5.74, 6) is -3.82. The topological polar surface area (TPSA) is 155 Å². The number of hydrogen-bond donors (Lipinski definition) is 3. The molecule has 3 N–H and O–H groups in total. The van der Waals surface area contributed by atoms with Crippen LogP contribution in [0, 0.1) is 11.7 Å². The molecule has 2 fully saturated rings. The van der Waals surface area contributed by atoms with Crippen LogP contribution in [0.1, 0.15) is 50.7 Å². The lowest BCUT2D eigenvalue weighted by Crippen LogP contribution is -2.48. The average Bonchev–Trinajstić information content (AvgIpc) is 3.05. The SMILES string of the molecule is CC(C)COc1ccc(CC(=O)N(Cc2ccc(F)cc2)C2CCN(CCC3CCOCO3)CC2)cc1OC(C(=O)O)C(O)C(=O)O. The van der Waals surface area contributed by atoms with Crippen LogP contribution in [0.3, 0.4) is 0 Å². The second kappa shape index (κ2) is 17.4. The van der Waals surface area contributed by atoms with Crippen molar-refractivity contribution >= 4 is 17.8 Å². The quantitative estimate of drug-likeness (QED) is 0.243. The van der Waals surface area contributed by atoms with Crippen LogP contribution < -0.4 is 9.47 Å². The Morgan fingerprint density at radius 2 is 1.70 bits per heavy atom. The van der Waals surface area contributed by atoms with Gasteiger partial charge in [0.2, 0.25) is 12.0 Å². The summed E-state index contributed by atoms with van der Waals surface area (Å²) in [6.07, 6.45) is -1.02. The van der Waals surface area contributed by atoms with E-state index in [9.17, 15) is 34.1 Å². The van der Waals surface area contributed by atoms with E-state index in [-0.39, 0.29) is 60.9 Å². The number of benzene rings is 2. The Morgan fingerprint density at radius 3 is 2.32 bits per heavy atom. The summed E-state index contributed by atoms with van der Waals surface area (Å²) in [6, 6.07) is 10.6. The Labute approximate surface area is 274 Å². The molecule has 4 rings (SSSR count). The molecule has 2 aromatic carbocycles. The number of aliphatic hydroxyl groups excluding tert-OH is 1. The number of aliphatic carboxylic acids is 2. The van der Waals surface area contributed by atoms with Gasteiger partial charge in [0, 0.05) is 32.2 Å². The van der Waals surface area contributed by atoms with Crippen LogP contribution in [-0.2, 0) is 36.8 Å². The van der Waals surface area contributed by atoms with E-state index >= 15 is 0 Å². The molecule has 47 heavy (non-hydrogen) atoms. The van der Waals surface area contributed by atoms with E-state index in [1.54, 1.807) is 18.2 Å². The molecule has 3 atom stereocenters. The van der Waals surface area contributed by atoms with E-state index in [1.807, 2.05) is 18.7 Å². The molecule has 2 heterocycles. The first-order valence-corrected chi connectivity index (χ1v) is 16.0. The number of rotatable bonds is 16. The van der Waals surface area contributed by atoms with Crippen LogP contribution in [0.15, 0.2) is 42.5 Å². The number of likely N-dealkylation sites (tertiary alicyclic amines) is 1. The molecule has 3 unspecified atom stereocenters. The minimum Gasteiger partial charge on any atom is -0.489 e. The Bertz CT molecular complexity index is 1330. The molecule has 2 aliphatic rings. The van der Waals surface area contributed by atoms with E-state index < -0.39 is 24.1 Å². The molecule has 1 amide bonds. The molecule has 0 saturated carbocycles. The molecule has 13 heteroatoms. The van der Waals surface area contributed by atoms with Gasteiger partial charge in [0.25, 0.3) is 0 Å². The highest BCUT2D eigenvalue weighted by atomic mass is 19.1. The number of carbonyl (C=O) groups excluding carboxylic acids is 1. The number of carboxylic acid groups (broad SMARTS) is 2. The van der Waals surface area contributed by atoms with Crippen molar-refractivity contribution in [2.75, 3.05) is 39.6 Å². The normalized spacial score (nSPS) is 18.8. The van der Waals surface area contributed by atoms with Crippen molar-refractivity contribution in [2.24, 2.45) is 5.92 Å². The van der Waals surface area contributed by atoms with Gasteiger partial charge in [-0.3, -0.25) is 4.79 Å². The van der Waals surface area contributed by atoms with E-state index in [4.69, 9.17) is 18.9 Å². The highest BCUT2D eigenvalue weighted by Gasteiger charge is 2.35. The summed E-state index contributed by atoms with van der Waals surface area (Å²) in [7, 11) is 0. The van der Waals surface area contributed by atoms with Crippen molar-refractivity contribution in [3.63, 3.8) is 0 Å². The maximum absolute atomic E-state index is 14.0. The zero-order valence-corrected chi connectivity index (χ0v) is 26.9. The smallest absolute Gasteiger partial charge is 0.348 e. The van der Waals surface area contributed by atoms with E-state index in [0.717, 1.165) is 50.9 Å². The molecule has 0 bridgehead atoms. The number of aliphatic hydroxyl groups is 1. The van der Waals surface area contributed by atoms with Gasteiger partial charge in [-0.25, -0.2) is 14.0 Å². The third-order valence-electron chi connectivity index (χ3n) is 8.30. The average molecular weight is 661 g/mol. The summed E-state index contributed by atoms with van der Waals surface area (Å²) < 4.78 is 35.9. The Kier molecular flexibility index (Phi) is 13.3. The molecule has 0 radical (unpaired) electrons. The lowest BCUT2D eigenvalue weighted by atomic mass is 10.00. The number of carboxylic acids is 2. The van der Waals surface area contributed by atoms with Gasteiger partial charge in [0.05, 0.1) is 25.7 Å². The fourth-order valence-corrected chi connectivity index (χ4v) is 5.64. The highest BCUT2D eigenvalue weighted by molar-refractivity contribution is 5.84. The van der Waals surface area contributed by atoms with Gasteiger partial charge in [-0.05, 0) is 67.0 Å². The first-order valence-electron chi connectivity index (χ1n) is 16.0. The molecule has 0 spiro atoms. The second-order valence-corrected chi connectivity index (χ2v) is 12.4. The zero-order chi connectivity index (χ0) is 33.9. The zero-order valence-electron chi connectivity index (χ0n) is 26.9. The van der Waals surface area contributed by atoms with Crippen LogP contribution in [-0.4, -0.2) is 107 Å². The summed E-state index contributed by atoms with van der Waals surface area (Å²) >= 11 is 0. The number of carbonyl (C=O) groups is 3. The number of halogens is 1. The molecular weight excluding hydrogens is 615 g/mol. The first kappa shape index (κ1) is 36.1. The molecule has 258 valence electrons. The van der Waals surface area contributed by atoms with E-state index in [0.29, 0.717) is 19.0 Å². The van der Waals surface area contributed by atoms with Crippen LogP contribution in [0.2, 0.25) is 0 Å². The van der Waals surface area contributed by atoms with Gasteiger partial charge in [0.1, 0.15) is 12.6 Å². The van der Waals surface area contributed by atoms with Crippen molar-refractivity contribution in [2.45, 2.75) is 76.9 Å². The van der Waals surface area contributed by atoms with Crippen LogP contribution in [0.25, 0.3) is 0 Å². The molecular formula is C34H45FN2O10. The Balaban J connectivity index is 1.50. The van der Waals surface area contributed by atoms with Crippen LogP contribution >= 0.6 is 0 Å². The number of amides is 1. The monoisotopic (exact) mass is 660 g/mol. The van der Waals surface area contributed by atoms with Gasteiger partial charge in [-0.15, -0.1) is 0 Å². The second-order valence-electron chi connectivity index (χ2n) is 12.4. The fraction of sp³-hybridized carbons (Fsp3) is 0.559. The van der Waals surface area contributed by atoms with Gasteiger partial charge in [-0.2, -0.15) is 0 Å². The summed E-state index contributed by atoms with van der Waals surface area (Å²) in [5.41, 5.74) is 1.26. The fourth-order valence-electron chi connectivity index (χ4n) is 5.64. The predicted octanol–water partition coefficient (Wildman–Crippen LogP) is 3.33. The molecule has 0 aliphatic carbocycles. The van der Waals surface area contributed by atoms with Crippen molar-refractivity contribution < 1.29 is 53.0 Å². The Hall–Kier alpha value is -3.78. The van der Waals surface area contributed by atoms with Crippen LogP contribution in [0.4, 0.5) is 4.39 Å². The third-order valence-corrected chi connectivity index (χ3v) is 8.30. The number of piperidine rings is 1. The summed E-state index contributed by atoms with van der Waals surface area (Å²) in [5, 5.41) is 28.8. The molecule has 2 saturated heterocycles. The maximum Gasteiger partial charge on any atom is 0.348 e. The summed E-state index contributed by atoms with van der Waals surface area (Å²) in [6.45, 7) is 7.94. The van der Waals surface area contributed by atoms with Crippen molar-refractivity contribution in [3.8, 4) is 11.5 Å². The largest absolute Gasteiger partial charge is 0.489 e. The number of ether oxygens (including phenoxy) is 4. The standard InChI is InChI=1S/C34H45FN2O10/c1-22(2)20-45-28-8-5-24(17-29(28)47-32(34(42)43)31(39)33(40)41)18-30(38)37(19-23-3-6-25(35)7-4-23)26-9-13-36(14-10-26)15-11-27-12-16-44-21-46-27/h3-8,17,22,26-27,31-32,39H,9-16,18-21H2,1-2H3,(H,40,41)(H,42,43). The van der Waals surface area contributed by atoms with Gasteiger partial charge >= 0.3 is 11.9 Å². The maximum atomic E-state index is 14.0. The number of hydrogen-bond acceptors (Lipinski definition) is 9. The molecule has 0 aromatic heterocycles. The molecule has 2 aromatic rings. The van der Waals surface area contributed by atoms with Crippen molar-refractivity contribution in [1.29, 1.82) is 0 Å². The van der Waals surface area contributed by atoms with Crippen molar-refractivity contribution in [1.82, 2.24) is 9.80 Å². The first-order chi connectivity index (χ1) is 22.5. The van der Waals surface area contributed by atoms with E-state index in [1.165, 1.54) is 24.3 Å². The van der Waals surface area contributed by atoms with Gasteiger partial charge in [-0.1, -0.05) is 32.0 Å². The number of nitrogens with zero attached hydrogens (tertiary/aromatic N) is 2. The van der Waals surface area contributed by atoms with Gasteiger partial charge < -0.3 is 44.1 Å². The molecule has 2 aliphatic heterocycles. The van der Waals surface area contributed by atoms with Crippen molar-refractivity contribution in [3.05, 3.63) is 59.4 Å². The van der Waals surface area contributed by atoms with Crippen LogP contribution in [0.5, 0.6) is 11.5 Å². The highest BCUT2D eigenvalue weighted by Crippen LogP contribution is 2.31. The Morgan fingerprint density at radius 1 is 1.00 bits per heavy atom. The van der Waals surface area contributed by atoms with Gasteiger partial charge in [0.15, 0.2) is 17.6 Å². The lowest BCUT2D eigenvalue weighted by Gasteiger charge is -2.39. The molecule has 12 nitrogen and oxygen atoms in total. The minimum atomic E-state index is -2.34. The lowest BCUT2D eigenvalue weighted by molar-refractivity contribution is -0.163.